The maximum Gasteiger partial charge on any atom is 0.191 e. The van der Waals surface area contributed by atoms with Crippen LogP contribution in [-0.4, -0.2) is 48.6 Å². The molecule has 23 heavy (non-hydrogen) atoms. The summed E-state index contributed by atoms with van der Waals surface area (Å²) < 4.78 is 0. The maximum absolute atomic E-state index is 4.56. The average molecular weight is 336 g/mol. The summed E-state index contributed by atoms with van der Waals surface area (Å²) in [6.07, 6.45) is 2.28. The average Bonchev–Trinajstić information content (AvgIpc) is 2.83. The molecule has 1 aliphatic rings. The number of aromatic nitrogens is 1. The van der Waals surface area contributed by atoms with Gasteiger partial charge in [-0.05, 0) is 33.6 Å². The van der Waals surface area contributed by atoms with Crippen LogP contribution in [0.3, 0.4) is 0 Å². The second-order valence-electron chi connectivity index (χ2n) is 6.33. The third-order valence-corrected chi connectivity index (χ3v) is 5.20. The molecule has 2 heterocycles. The van der Waals surface area contributed by atoms with E-state index >= 15 is 0 Å². The van der Waals surface area contributed by atoms with Crippen LogP contribution in [0.1, 0.15) is 35.3 Å². The van der Waals surface area contributed by atoms with Crippen molar-refractivity contribution in [1.29, 1.82) is 0 Å². The van der Waals surface area contributed by atoms with Gasteiger partial charge in [-0.2, -0.15) is 0 Å². The number of rotatable bonds is 5. The molecule has 1 aromatic heterocycles. The van der Waals surface area contributed by atoms with Crippen LogP contribution in [0.15, 0.2) is 17.1 Å². The Balaban J connectivity index is 1.76. The minimum Gasteiger partial charge on any atom is -0.354 e. The number of aryl methyl sites for hydroxylation is 2. The molecule has 0 spiro atoms. The number of hydrogen-bond donors (Lipinski definition) is 2. The van der Waals surface area contributed by atoms with Crippen LogP contribution in [0.4, 0.5) is 0 Å². The summed E-state index contributed by atoms with van der Waals surface area (Å²) in [5.41, 5.74) is 2.36. The van der Waals surface area contributed by atoms with E-state index < -0.39 is 0 Å². The second kappa shape index (κ2) is 8.45. The highest BCUT2D eigenvalue weighted by atomic mass is 32.1. The lowest BCUT2D eigenvalue weighted by molar-refractivity contribution is 0.221. The van der Waals surface area contributed by atoms with E-state index in [1.165, 1.54) is 10.5 Å². The van der Waals surface area contributed by atoms with Gasteiger partial charge < -0.3 is 10.6 Å². The van der Waals surface area contributed by atoms with Gasteiger partial charge in [0.1, 0.15) is 5.01 Å². The quantitative estimate of drug-likeness (QED) is 0.493. The Morgan fingerprint density at radius 3 is 2.61 bits per heavy atom. The summed E-state index contributed by atoms with van der Waals surface area (Å²) in [5.74, 6) is 0.869. The Morgan fingerprint density at radius 2 is 2.09 bits per heavy atom. The van der Waals surface area contributed by atoms with E-state index in [0.29, 0.717) is 6.04 Å². The number of piperidine rings is 1. The summed E-state index contributed by atoms with van der Waals surface area (Å²) in [4.78, 5) is 12.7. The first-order valence-electron chi connectivity index (χ1n) is 8.24. The van der Waals surface area contributed by atoms with E-state index in [1.807, 2.05) is 7.05 Å². The van der Waals surface area contributed by atoms with Gasteiger partial charge in [0.05, 0.1) is 12.2 Å². The van der Waals surface area contributed by atoms with Crippen LogP contribution in [0.25, 0.3) is 0 Å². The molecule has 0 amide bonds. The largest absolute Gasteiger partial charge is 0.354 e. The van der Waals surface area contributed by atoms with Crippen molar-refractivity contribution in [3.05, 3.63) is 27.7 Å². The number of thiazole rings is 1. The van der Waals surface area contributed by atoms with Crippen LogP contribution in [0, 0.1) is 13.8 Å². The first-order valence-corrected chi connectivity index (χ1v) is 9.06. The Hall–Kier alpha value is -1.40. The summed E-state index contributed by atoms with van der Waals surface area (Å²) in [7, 11) is 1.82. The second-order valence-corrected chi connectivity index (χ2v) is 7.61. The fourth-order valence-corrected chi connectivity index (χ4v) is 3.65. The third-order valence-electron chi connectivity index (χ3n) is 4.13. The summed E-state index contributed by atoms with van der Waals surface area (Å²) in [5, 5.41) is 8.02. The van der Waals surface area contributed by atoms with Gasteiger partial charge in [0.15, 0.2) is 5.96 Å². The number of hydrogen-bond acceptors (Lipinski definition) is 4. The molecule has 0 aromatic carbocycles. The Labute approximate surface area is 143 Å². The van der Waals surface area contributed by atoms with Gasteiger partial charge in [-0.15, -0.1) is 11.3 Å². The van der Waals surface area contributed by atoms with Crippen molar-refractivity contribution in [2.75, 3.05) is 26.7 Å². The number of aliphatic imine (C=N–C) groups is 1. The molecule has 0 unspecified atom stereocenters. The van der Waals surface area contributed by atoms with Crippen LogP contribution in [0.2, 0.25) is 0 Å². The number of guanidine groups is 1. The molecule has 2 N–H and O–H groups in total. The third kappa shape index (κ3) is 5.62. The van der Waals surface area contributed by atoms with Crippen molar-refractivity contribution >= 4 is 17.3 Å². The summed E-state index contributed by atoms with van der Waals surface area (Å²) >= 11 is 1.75. The van der Waals surface area contributed by atoms with Crippen LogP contribution in [-0.2, 0) is 6.54 Å². The van der Waals surface area contributed by atoms with Crippen molar-refractivity contribution in [2.24, 2.45) is 4.99 Å². The molecule has 0 atom stereocenters. The predicted octanol–water partition coefficient (Wildman–Crippen LogP) is 2.47. The highest BCUT2D eigenvalue weighted by Crippen LogP contribution is 2.16. The first kappa shape index (κ1) is 17.9. The maximum atomic E-state index is 4.56. The van der Waals surface area contributed by atoms with E-state index in [-0.39, 0.29) is 0 Å². The molecule has 6 heteroatoms. The zero-order chi connectivity index (χ0) is 16.8. The molecular weight excluding hydrogens is 306 g/mol. The lowest BCUT2D eigenvalue weighted by Gasteiger charge is -2.33. The van der Waals surface area contributed by atoms with E-state index in [4.69, 9.17) is 0 Å². The van der Waals surface area contributed by atoms with Crippen molar-refractivity contribution < 1.29 is 0 Å². The zero-order valence-electron chi connectivity index (χ0n) is 14.8. The smallest absolute Gasteiger partial charge is 0.191 e. The fraction of sp³-hybridized carbons (Fsp3) is 0.647. The normalized spacial score (nSPS) is 17.3. The van der Waals surface area contributed by atoms with Gasteiger partial charge in [0.2, 0.25) is 0 Å². The van der Waals surface area contributed by atoms with E-state index in [9.17, 15) is 0 Å². The highest BCUT2D eigenvalue weighted by Gasteiger charge is 2.19. The lowest BCUT2D eigenvalue weighted by atomic mass is 10.0. The minimum atomic E-state index is 0.488. The monoisotopic (exact) mass is 335 g/mol. The van der Waals surface area contributed by atoms with E-state index in [0.717, 1.165) is 55.7 Å². The first-order chi connectivity index (χ1) is 11.0. The van der Waals surface area contributed by atoms with Gasteiger partial charge in [0, 0.05) is 37.6 Å². The molecule has 128 valence electrons. The number of likely N-dealkylation sites (tertiary alicyclic amines) is 1. The van der Waals surface area contributed by atoms with Crippen molar-refractivity contribution in [2.45, 2.75) is 46.2 Å². The predicted molar refractivity (Wildman–Crippen MR) is 99.2 cm³/mol. The summed E-state index contributed by atoms with van der Waals surface area (Å²) in [6, 6.07) is 0.488. The SMILES string of the molecule is C=C(C)CN1CCC(NC(=NC)NCc2nc(C)c(C)s2)CC1. The molecular formula is C17H29N5S. The van der Waals surface area contributed by atoms with Gasteiger partial charge in [-0.3, -0.25) is 9.89 Å². The molecule has 2 rings (SSSR count). The van der Waals surface area contributed by atoms with Crippen molar-refractivity contribution in [1.82, 2.24) is 20.5 Å². The molecule has 1 aliphatic heterocycles. The molecule has 0 aliphatic carbocycles. The van der Waals surface area contributed by atoms with Crippen LogP contribution < -0.4 is 10.6 Å². The number of nitrogens with one attached hydrogen (secondary N) is 2. The molecule has 5 nitrogen and oxygen atoms in total. The lowest BCUT2D eigenvalue weighted by Crippen LogP contribution is -2.48. The van der Waals surface area contributed by atoms with Crippen molar-refractivity contribution in [3.63, 3.8) is 0 Å². The zero-order valence-corrected chi connectivity index (χ0v) is 15.6. The number of nitrogens with zero attached hydrogens (tertiary/aromatic N) is 3. The molecule has 0 bridgehead atoms. The van der Waals surface area contributed by atoms with Crippen LogP contribution >= 0.6 is 11.3 Å². The summed E-state index contributed by atoms with van der Waals surface area (Å²) in [6.45, 7) is 14.2. The van der Waals surface area contributed by atoms with Gasteiger partial charge >= 0.3 is 0 Å². The molecule has 0 radical (unpaired) electrons. The standard InChI is InChI=1S/C17H29N5S/c1-12(2)11-22-8-6-15(7-9-22)21-17(18-5)19-10-16-20-13(3)14(4)23-16/h15H,1,6-11H2,2-5H3,(H2,18,19,21). The minimum absolute atomic E-state index is 0.488. The van der Waals surface area contributed by atoms with Crippen LogP contribution in [0.5, 0.6) is 0 Å². The van der Waals surface area contributed by atoms with Gasteiger partial charge in [-0.1, -0.05) is 12.2 Å². The molecule has 1 fully saturated rings. The Bertz CT molecular complexity index is 536. The Kier molecular flexibility index (Phi) is 6.59. The fourth-order valence-electron chi connectivity index (χ4n) is 2.78. The van der Waals surface area contributed by atoms with Crippen molar-refractivity contribution in [3.8, 4) is 0 Å². The molecule has 1 saturated heterocycles. The Morgan fingerprint density at radius 1 is 1.39 bits per heavy atom. The van der Waals surface area contributed by atoms with E-state index in [1.54, 1.807) is 11.3 Å². The highest BCUT2D eigenvalue weighted by molar-refractivity contribution is 7.11. The van der Waals surface area contributed by atoms with E-state index in [2.05, 4.69) is 52.9 Å². The van der Waals surface area contributed by atoms with Gasteiger partial charge in [-0.25, -0.2) is 4.98 Å². The topological polar surface area (TPSA) is 52.5 Å². The van der Waals surface area contributed by atoms with Gasteiger partial charge in [0.25, 0.3) is 0 Å². The molecule has 0 saturated carbocycles. The molecule has 1 aromatic rings.